The largest absolute Gasteiger partial charge is 0.381 e. The number of nitrogens with one attached hydrogen (secondary N) is 1. The van der Waals surface area contributed by atoms with Gasteiger partial charge in [0.15, 0.2) is 0 Å². The average molecular weight is 344 g/mol. The zero-order valence-electron chi connectivity index (χ0n) is 13.8. The lowest BCUT2D eigenvalue weighted by Gasteiger charge is -2.34. The second-order valence-corrected chi connectivity index (χ2v) is 7.05. The Morgan fingerprint density at radius 3 is 2.67 bits per heavy atom. The maximum Gasteiger partial charge on any atom is 0.317 e. The molecule has 2 amide bonds. The van der Waals surface area contributed by atoms with Gasteiger partial charge in [0, 0.05) is 30.7 Å². The Morgan fingerprint density at radius 1 is 1.17 bits per heavy atom. The van der Waals surface area contributed by atoms with Crippen LogP contribution >= 0.6 is 11.3 Å². The molecule has 1 aromatic heterocycles. The number of thiophene rings is 1. The van der Waals surface area contributed by atoms with Crippen LogP contribution in [-0.4, -0.2) is 36.7 Å². The zero-order chi connectivity index (χ0) is 16.6. The molecule has 2 aromatic rings. The van der Waals surface area contributed by atoms with Crippen molar-refractivity contribution in [3.8, 4) is 0 Å². The Labute approximate surface area is 147 Å². The van der Waals surface area contributed by atoms with Crippen LogP contribution in [0.15, 0.2) is 47.8 Å². The number of hydrogen-bond donors (Lipinski definition) is 1. The number of ether oxygens (including phenoxy) is 1. The van der Waals surface area contributed by atoms with Gasteiger partial charge in [0.05, 0.1) is 6.54 Å². The molecule has 0 aliphatic carbocycles. The number of nitrogens with zero attached hydrogens (tertiary/aromatic N) is 1. The summed E-state index contributed by atoms with van der Waals surface area (Å²) in [5.41, 5.74) is 1.24. The van der Waals surface area contributed by atoms with Gasteiger partial charge < -0.3 is 15.0 Å². The van der Waals surface area contributed by atoms with Crippen molar-refractivity contribution in [3.63, 3.8) is 0 Å². The third-order valence-corrected chi connectivity index (χ3v) is 5.19. The zero-order valence-corrected chi connectivity index (χ0v) is 14.6. The van der Waals surface area contributed by atoms with Crippen molar-refractivity contribution in [1.82, 2.24) is 10.2 Å². The van der Waals surface area contributed by atoms with Gasteiger partial charge in [-0.2, -0.15) is 0 Å². The Balaban J connectivity index is 1.57. The van der Waals surface area contributed by atoms with Gasteiger partial charge in [-0.25, -0.2) is 4.79 Å². The van der Waals surface area contributed by atoms with Gasteiger partial charge in [0.25, 0.3) is 0 Å². The average Bonchev–Trinajstić information content (AvgIpc) is 3.14. The molecular formula is C19H24N2O2S. The van der Waals surface area contributed by atoms with Crippen molar-refractivity contribution < 1.29 is 9.53 Å². The lowest BCUT2D eigenvalue weighted by atomic mass is 10.1. The first-order chi connectivity index (χ1) is 11.8. The number of rotatable bonds is 6. The van der Waals surface area contributed by atoms with Gasteiger partial charge >= 0.3 is 6.03 Å². The molecular weight excluding hydrogens is 320 g/mol. The van der Waals surface area contributed by atoms with E-state index < -0.39 is 0 Å². The van der Waals surface area contributed by atoms with Gasteiger partial charge in [0.1, 0.15) is 0 Å². The predicted octanol–water partition coefficient (Wildman–Crippen LogP) is 3.68. The predicted molar refractivity (Wildman–Crippen MR) is 97.2 cm³/mol. The lowest BCUT2D eigenvalue weighted by Crippen LogP contribution is -2.48. The number of carbonyl (C=O) groups excluding carboxylic acids is 1. The van der Waals surface area contributed by atoms with Gasteiger partial charge in [-0.15, -0.1) is 11.3 Å². The monoisotopic (exact) mass is 344 g/mol. The van der Waals surface area contributed by atoms with E-state index in [1.165, 1.54) is 10.4 Å². The van der Waals surface area contributed by atoms with Crippen molar-refractivity contribution >= 4 is 17.4 Å². The Bertz CT molecular complexity index is 610. The molecule has 0 atom stereocenters. The van der Waals surface area contributed by atoms with E-state index in [-0.39, 0.29) is 12.1 Å². The quantitative estimate of drug-likeness (QED) is 0.868. The standard InChI is InChI=1S/C19H24N2O2S/c22-19(20-11-8-16-5-2-1-3-6-16)21(15-18-7-4-14-24-18)17-9-12-23-13-10-17/h1-7,14,17H,8-13,15H2,(H,20,22). The fourth-order valence-electron chi connectivity index (χ4n) is 2.99. The molecule has 0 saturated carbocycles. The molecule has 128 valence electrons. The van der Waals surface area contributed by atoms with Crippen molar-refractivity contribution in [3.05, 3.63) is 58.3 Å². The summed E-state index contributed by atoms with van der Waals surface area (Å²) in [7, 11) is 0. The third kappa shape index (κ3) is 4.82. The summed E-state index contributed by atoms with van der Waals surface area (Å²) < 4.78 is 5.45. The molecule has 0 radical (unpaired) electrons. The SMILES string of the molecule is O=C(NCCc1ccccc1)N(Cc1cccs1)C1CCOCC1. The molecule has 0 bridgehead atoms. The minimum atomic E-state index is 0.0335. The molecule has 4 nitrogen and oxygen atoms in total. The van der Waals surface area contributed by atoms with Crippen molar-refractivity contribution in [2.75, 3.05) is 19.8 Å². The number of carbonyl (C=O) groups is 1. The summed E-state index contributed by atoms with van der Waals surface area (Å²) in [6, 6.07) is 14.7. The van der Waals surface area contributed by atoms with E-state index in [2.05, 4.69) is 28.9 Å². The van der Waals surface area contributed by atoms with Crippen molar-refractivity contribution in [2.45, 2.75) is 31.8 Å². The first-order valence-electron chi connectivity index (χ1n) is 8.51. The topological polar surface area (TPSA) is 41.6 Å². The molecule has 1 N–H and O–H groups in total. The highest BCUT2D eigenvalue weighted by Gasteiger charge is 2.26. The minimum Gasteiger partial charge on any atom is -0.381 e. The molecule has 1 saturated heterocycles. The van der Waals surface area contributed by atoms with E-state index in [1.807, 2.05) is 29.2 Å². The van der Waals surface area contributed by atoms with E-state index in [0.717, 1.165) is 32.5 Å². The van der Waals surface area contributed by atoms with Crippen LogP contribution in [0.25, 0.3) is 0 Å². The van der Waals surface area contributed by atoms with Crippen LogP contribution in [0.1, 0.15) is 23.3 Å². The summed E-state index contributed by atoms with van der Waals surface area (Å²) in [4.78, 5) is 15.9. The molecule has 5 heteroatoms. The van der Waals surface area contributed by atoms with E-state index >= 15 is 0 Å². The van der Waals surface area contributed by atoms with Crippen molar-refractivity contribution in [1.29, 1.82) is 0 Å². The van der Waals surface area contributed by atoms with Gasteiger partial charge in [-0.3, -0.25) is 0 Å². The first kappa shape index (κ1) is 17.0. The minimum absolute atomic E-state index is 0.0335. The Morgan fingerprint density at radius 2 is 1.96 bits per heavy atom. The number of amides is 2. The molecule has 1 aliphatic rings. The van der Waals surface area contributed by atoms with Gasteiger partial charge in [0.2, 0.25) is 0 Å². The van der Waals surface area contributed by atoms with Gasteiger partial charge in [-0.1, -0.05) is 36.4 Å². The molecule has 0 unspecified atom stereocenters. The first-order valence-corrected chi connectivity index (χ1v) is 9.39. The molecule has 0 spiro atoms. The van der Waals surface area contributed by atoms with Crippen LogP contribution in [0.5, 0.6) is 0 Å². The maximum atomic E-state index is 12.7. The molecule has 1 aromatic carbocycles. The lowest BCUT2D eigenvalue weighted by molar-refractivity contribution is 0.0440. The molecule has 1 fully saturated rings. The normalized spacial score (nSPS) is 15.2. The summed E-state index contributed by atoms with van der Waals surface area (Å²) in [5, 5.41) is 5.15. The number of urea groups is 1. The van der Waals surface area contributed by atoms with Crippen LogP contribution in [-0.2, 0) is 17.7 Å². The van der Waals surface area contributed by atoms with Crippen LogP contribution in [0, 0.1) is 0 Å². The van der Waals surface area contributed by atoms with Gasteiger partial charge in [-0.05, 0) is 36.3 Å². The highest BCUT2D eigenvalue weighted by molar-refractivity contribution is 7.09. The maximum absolute atomic E-state index is 12.7. The molecule has 2 heterocycles. The molecule has 1 aliphatic heterocycles. The Kier molecular flexibility index (Phi) is 6.26. The summed E-state index contributed by atoms with van der Waals surface area (Å²) in [6.45, 7) is 2.82. The second-order valence-electron chi connectivity index (χ2n) is 6.02. The molecule has 24 heavy (non-hydrogen) atoms. The van der Waals surface area contributed by atoms with E-state index in [1.54, 1.807) is 11.3 Å². The third-order valence-electron chi connectivity index (χ3n) is 4.33. The Hall–Kier alpha value is -1.85. The highest BCUT2D eigenvalue weighted by Crippen LogP contribution is 2.20. The summed E-state index contributed by atoms with van der Waals surface area (Å²) in [5.74, 6) is 0. The summed E-state index contributed by atoms with van der Waals surface area (Å²) in [6.07, 6.45) is 2.68. The van der Waals surface area contributed by atoms with Crippen molar-refractivity contribution in [2.24, 2.45) is 0 Å². The number of hydrogen-bond acceptors (Lipinski definition) is 3. The van der Waals surface area contributed by atoms with Crippen LogP contribution < -0.4 is 5.32 Å². The summed E-state index contributed by atoms with van der Waals surface area (Å²) >= 11 is 1.70. The van der Waals surface area contributed by atoms with E-state index in [0.29, 0.717) is 13.1 Å². The van der Waals surface area contributed by atoms with E-state index in [4.69, 9.17) is 4.74 Å². The van der Waals surface area contributed by atoms with E-state index in [9.17, 15) is 4.79 Å². The van der Waals surface area contributed by atoms with Crippen LogP contribution in [0.4, 0.5) is 4.79 Å². The van der Waals surface area contributed by atoms with Crippen LogP contribution in [0.2, 0.25) is 0 Å². The number of benzene rings is 1. The van der Waals surface area contributed by atoms with Crippen LogP contribution in [0.3, 0.4) is 0 Å². The fraction of sp³-hybridized carbons (Fsp3) is 0.421. The highest BCUT2D eigenvalue weighted by atomic mass is 32.1. The fourth-order valence-corrected chi connectivity index (χ4v) is 3.70. The molecule has 3 rings (SSSR count). The smallest absolute Gasteiger partial charge is 0.317 e. The second kappa shape index (κ2) is 8.85.